The maximum Gasteiger partial charge on any atom is 0.226 e. The normalized spacial score (nSPS) is 28.6. The van der Waals surface area contributed by atoms with Crippen molar-refractivity contribution in [3.8, 4) is 5.69 Å². The van der Waals surface area contributed by atoms with Crippen molar-refractivity contribution in [1.29, 1.82) is 0 Å². The van der Waals surface area contributed by atoms with E-state index in [1.54, 1.807) is 16.8 Å². The summed E-state index contributed by atoms with van der Waals surface area (Å²) in [5.74, 6) is -0.0558. The largest absolute Gasteiger partial charge is 0.352 e. The van der Waals surface area contributed by atoms with E-state index in [0.29, 0.717) is 19.6 Å². The molecule has 3 fully saturated rings. The van der Waals surface area contributed by atoms with Crippen LogP contribution in [-0.2, 0) is 16.1 Å². The highest BCUT2D eigenvalue weighted by Gasteiger charge is 2.61. The fourth-order valence-corrected chi connectivity index (χ4v) is 4.48. The van der Waals surface area contributed by atoms with Crippen LogP contribution in [-0.4, -0.2) is 57.0 Å². The van der Waals surface area contributed by atoms with E-state index >= 15 is 0 Å². The van der Waals surface area contributed by atoms with E-state index in [9.17, 15) is 9.18 Å². The fraction of sp³-hybridized carbons (Fsp3) is 0.444. The van der Waals surface area contributed by atoms with Crippen molar-refractivity contribution in [3.63, 3.8) is 0 Å². The second kappa shape index (κ2) is 5.37. The summed E-state index contributed by atoms with van der Waals surface area (Å²) in [6.07, 6.45) is 5.20. The SMILES string of the molecule is O=C1C[C@H]2N(Cc3cnn(-c4ccc(F)cc4)c3)CC[C@]23OCCN13. The quantitative estimate of drug-likeness (QED) is 0.849. The number of halogens is 1. The number of benzene rings is 1. The molecule has 1 spiro atoms. The van der Waals surface area contributed by atoms with Crippen LogP contribution in [0.2, 0.25) is 0 Å². The molecule has 5 rings (SSSR count). The lowest BCUT2D eigenvalue weighted by molar-refractivity contribution is -0.136. The van der Waals surface area contributed by atoms with Crippen molar-refractivity contribution in [2.24, 2.45) is 0 Å². The Morgan fingerprint density at radius 3 is 2.96 bits per heavy atom. The molecule has 3 aliphatic rings. The molecule has 0 aliphatic carbocycles. The molecular formula is C18H19FN4O2. The molecule has 0 bridgehead atoms. The van der Waals surface area contributed by atoms with Crippen LogP contribution in [0.25, 0.3) is 5.69 Å². The fourth-order valence-electron chi connectivity index (χ4n) is 4.48. The number of carbonyl (C=O) groups excluding carboxylic acids is 1. The molecule has 6 nitrogen and oxygen atoms in total. The van der Waals surface area contributed by atoms with Gasteiger partial charge in [0.25, 0.3) is 0 Å². The Balaban J connectivity index is 1.35. The molecule has 0 N–H and O–H groups in total. The van der Waals surface area contributed by atoms with Gasteiger partial charge in [-0.15, -0.1) is 0 Å². The van der Waals surface area contributed by atoms with E-state index < -0.39 is 5.72 Å². The maximum atomic E-state index is 13.1. The molecule has 3 saturated heterocycles. The molecule has 25 heavy (non-hydrogen) atoms. The van der Waals surface area contributed by atoms with Crippen molar-refractivity contribution in [2.45, 2.75) is 31.2 Å². The van der Waals surface area contributed by atoms with Gasteiger partial charge in [-0.05, 0) is 24.3 Å². The summed E-state index contributed by atoms with van der Waals surface area (Å²) in [6, 6.07) is 6.39. The van der Waals surface area contributed by atoms with Crippen LogP contribution in [0.15, 0.2) is 36.7 Å². The number of ether oxygens (including phenoxy) is 1. The monoisotopic (exact) mass is 342 g/mol. The lowest BCUT2D eigenvalue weighted by atomic mass is 10.1. The Hall–Kier alpha value is -2.25. The summed E-state index contributed by atoms with van der Waals surface area (Å²) in [5, 5.41) is 4.38. The Morgan fingerprint density at radius 2 is 2.12 bits per heavy atom. The van der Waals surface area contributed by atoms with Gasteiger partial charge < -0.3 is 9.64 Å². The molecule has 4 heterocycles. The topological polar surface area (TPSA) is 50.6 Å². The average Bonchev–Trinajstić information content (AvgIpc) is 3.34. The predicted octanol–water partition coefficient (Wildman–Crippen LogP) is 1.54. The summed E-state index contributed by atoms with van der Waals surface area (Å²) in [6.45, 7) is 3.00. The Bertz CT molecular complexity index is 821. The molecule has 7 heteroatoms. The van der Waals surface area contributed by atoms with E-state index in [1.807, 2.05) is 17.3 Å². The van der Waals surface area contributed by atoms with Crippen molar-refractivity contribution in [2.75, 3.05) is 19.7 Å². The third-order valence-corrected chi connectivity index (χ3v) is 5.62. The zero-order valence-corrected chi connectivity index (χ0v) is 13.8. The van der Waals surface area contributed by atoms with Gasteiger partial charge in [-0.2, -0.15) is 5.10 Å². The van der Waals surface area contributed by atoms with Gasteiger partial charge in [-0.25, -0.2) is 9.07 Å². The highest BCUT2D eigenvalue weighted by Crippen LogP contribution is 2.45. The van der Waals surface area contributed by atoms with Crippen LogP contribution in [0.5, 0.6) is 0 Å². The van der Waals surface area contributed by atoms with Crippen LogP contribution in [0, 0.1) is 5.82 Å². The summed E-state index contributed by atoms with van der Waals surface area (Å²) in [4.78, 5) is 16.5. The van der Waals surface area contributed by atoms with E-state index in [2.05, 4.69) is 10.00 Å². The van der Waals surface area contributed by atoms with Gasteiger partial charge >= 0.3 is 0 Å². The molecule has 3 aliphatic heterocycles. The Morgan fingerprint density at radius 1 is 1.28 bits per heavy atom. The molecule has 130 valence electrons. The molecule has 0 unspecified atom stereocenters. The van der Waals surface area contributed by atoms with Crippen molar-refractivity contribution in [3.05, 3.63) is 48.0 Å². The minimum atomic E-state index is -0.399. The number of aromatic nitrogens is 2. The average molecular weight is 342 g/mol. The number of rotatable bonds is 3. The number of carbonyl (C=O) groups is 1. The van der Waals surface area contributed by atoms with Crippen LogP contribution in [0.1, 0.15) is 18.4 Å². The van der Waals surface area contributed by atoms with Gasteiger partial charge in [0.15, 0.2) is 5.72 Å². The lowest BCUT2D eigenvalue weighted by Gasteiger charge is -2.31. The number of hydrogen-bond acceptors (Lipinski definition) is 4. The van der Waals surface area contributed by atoms with Gasteiger partial charge in [0, 0.05) is 44.2 Å². The van der Waals surface area contributed by atoms with E-state index in [4.69, 9.17) is 4.74 Å². The van der Waals surface area contributed by atoms with Crippen LogP contribution < -0.4 is 0 Å². The smallest absolute Gasteiger partial charge is 0.226 e. The molecule has 0 radical (unpaired) electrons. The molecule has 1 aromatic heterocycles. The van der Waals surface area contributed by atoms with Crippen LogP contribution in [0.3, 0.4) is 0 Å². The first kappa shape index (κ1) is 15.0. The van der Waals surface area contributed by atoms with Crippen LogP contribution >= 0.6 is 0 Å². The predicted molar refractivity (Wildman–Crippen MR) is 87.4 cm³/mol. The van der Waals surface area contributed by atoms with E-state index in [1.165, 1.54) is 12.1 Å². The Labute approximate surface area is 144 Å². The molecule has 2 atom stereocenters. The van der Waals surface area contributed by atoms with Gasteiger partial charge in [0.05, 0.1) is 24.5 Å². The van der Waals surface area contributed by atoms with Crippen molar-refractivity contribution in [1.82, 2.24) is 19.6 Å². The number of likely N-dealkylation sites (tertiary alicyclic amines) is 1. The lowest BCUT2D eigenvalue weighted by Crippen LogP contribution is -2.47. The third-order valence-electron chi connectivity index (χ3n) is 5.62. The van der Waals surface area contributed by atoms with Gasteiger partial charge in [-0.3, -0.25) is 9.69 Å². The van der Waals surface area contributed by atoms with Crippen LogP contribution in [0.4, 0.5) is 4.39 Å². The first-order valence-electron chi connectivity index (χ1n) is 8.64. The maximum absolute atomic E-state index is 13.1. The third kappa shape index (κ3) is 2.22. The summed E-state index contributed by atoms with van der Waals surface area (Å²) in [5.41, 5.74) is 1.50. The first-order chi connectivity index (χ1) is 12.2. The molecule has 1 amide bonds. The number of hydrogen-bond donors (Lipinski definition) is 0. The van der Waals surface area contributed by atoms with E-state index in [0.717, 1.165) is 30.8 Å². The molecular weight excluding hydrogens is 323 g/mol. The first-order valence-corrected chi connectivity index (χ1v) is 8.64. The van der Waals surface area contributed by atoms with E-state index in [-0.39, 0.29) is 17.8 Å². The minimum Gasteiger partial charge on any atom is -0.352 e. The second-order valence-corrected chi connectivity index (χ2v) is 6.95. The highest BCUT2D eigenvalue weighted by atomic mass is 19.1. The molecule has 0 saturated carbocycles. The van der Waals surface area contributed by atoms with Gasteiger partial charge in [-0.1, -0.05) is 0 Å². The zero-order valence-electron chi connectivity index (χ0n) is 13.8. The van der Waals surface area contributed by atoms with Gasteiger partial charge in [0.1, 0.15) is 5.82 Å². The Kier molecular flexibility index (Phi) is 3.23. The van der Waals surface area contributed by atoms with Gasteiger partial charge in [0.2, 0.25) is 5.91 Å². The number of amides is 1. The molecule has 2 aromatic rings. The molecule has 1 aromatic carbocycles. The van der Waals surface area contributed by atoms with Crippen molar-refractivity contribution < 1.29 is 13.9 Å². The summed E-state index contributed by atoms with van der Waals surface area (Å²) < 4.78 is 20.8. The standard InChI is InChI=1S/C18H19FN4O2/c19-14-1-3-15(4-2-14)23-12-13(10-20-23)11-21-6-5-18-16(21)9-17(24)22(18)7-8-25-18/h1-4,10,12,16H,5-9,11H2/t16-,18+/m1/s1. The second-order valence-electron chi connectivity index (χ2n) is 6.95. The summed E-state index contributed by atoms with van der Waals surface area (Å²) >= 11 is 0. The number of nitrogens with zero attached hydrogens (tertiary/aromatic N) is 4. The highest BCUT2D eigenvalue weighted by molar-refractivity contribution is 5.81. The van der Waals surface area contributed by atoms with Crippen molar-refractivity contribution >= 4 is 5.91 Å². The zero-order chi connectivity index (χ0) is 17.0. The minimum absolute atomic E-state index is 0.122. The summed E-state index contributed by atoms with van der Waals surface area (Å²) in [7, 11) is 0.